The highest BCUT2D eigenvalue weighted by Gasteiger charge is 2.23. The van der Waals surface area contributed by atoms with Gasteiger partial charge in [0, 0.05) is 31.1 Å². The molecule has 0 unspecified atom stereocenters. The summed E-state index contributed by atoms with van der Waals surface area (Å²) in [5, 5.41) is 10.5. The standard InChI is InChI=1S/C19H19N5O2/c1-12(26)20-9-13-3-2-4-14(7-13)17-8-18(22-16-5-6-16)24-19(23-17)15(11-25)10-21-24/h2-4,7-8,10-11,16,22H,5-6,9H2,1H3,(H,20,26). The molecule has 4 rings (SSSR count). The van der Waals surface area contributed by atoms with Crippen molar-refractivity contribution < 1.29 is 9.59 Å². The Kier molecular flexibility index (Phi) is 4.12. The fraction of sp³-hybridized carbons (Fsp3) is 0.263. The number of carbonyl (C=O) groups excluding carboxylic acids is 2. The second kappa shape index (κ2) is 6.59. The molecular weight excluding hydrogens is 330 g/mol. The molecule has 2 N–H and O–H groups in total. The van der Waals surface area contributed by atoms with Crippen LogP contribution < -0.4 is 10.6 Å². The summed E-state index contributed by atoms with van der Waals surface area (Å²) in [6.45, 7) is 1.96. The Hall–Kier alpha value is -3.22. The Balaban J connectivity index is 1.76. The Labute approximate surface area is 150 Å². The normalized spacial score (nSPS) is 13.6. The molecule has 0 bridgehead atoms. The first-order valence-electron chi connectivity index (χ1n) is 8.58. The van der Waals surface area contributed by atoms with E-state index in [1.54, 1.807) is 4.52 Å². The van der Waals surface area contributed by atoms with Gasteiger partial charge in [-0.05, 0) is 24.5 Å². The Morgan fingerprint density at radius 3 is 2.92 bits per heavy atom. The second-order valence-corrected chi connectivity index (χ2v) is 6.51. The maximum absolute atomic E-state index is 11.3. The van der Waals surface area contributed by atoms with Crippen molar-refractivity contribution in [3.8, 4) is 11.3 Å². The molecule has 0 aliphatic heterocycles. The monoisotopic (exact) mass is 349 g/mol. The molecule has 0 atom stereocenters. The summed E-state index contributed by atoms with van der Waals surface area (Å²) in [4.78, 5) is 27.1. The molecule has 0 saturated heterocycles. The van der Waals surface area contributed by atoms with Crippen LogP contribution in [-0.4, -0.2) is 32.8 Å². The third-order valence-electron chi connectivity index (χ3n) is 4.32. The third-order valence-corrected chi connectivity index (χ3v) is 4.32. The molecule has 2 heterocycles. The van der Waals surface area contributed by atoms with E-state index in [4.69, 9.17) is 0 Å². The van der Waals surface area contributed by atoms with Crippen LogP contribution >= 0.6 is 0 Å². The van der Waals surface area contributed by atoms with Gasteiger partial charge in [-0.1, -0.05) is 18.2 Å². The Bertz CT molecular complexity index is 991. The zero-order valence-corrected chi connectivity index (χ0v) is 14.4. The predicted molar refractivity (Wildman–Crippen MR) is 98.0 cm³/mol. The van der Waals surface area contributed by atoms with Gasteiger partial charge < -0.3 is 10.6 Å². The van der Waals surface area contributed by atoms with E-state index < -0.39 is 0 Å². The number of aldehydes is 1. The van der Waals surface area contributed by atoms with Gasteiger partial charge in [0.25, 0.3) is 0 Å². The van der Waals surface area contributed by atoms with Gasteiger partial charge in [0.1, 0.15) is 5.82 Å². The van der Waals surface area contributed by atoms with E-state index >= 15 is 0 Å². The molecule has 3 aromatic rings. The van der Waals surface area contributed by atoms with Gasteiger partial charge in [-0.2, -0.15) is 9.61 Å². The number of hydrogen-bond acceptors (Lipinski definition) is 5. The Morgan fingerprint density at radius 1 is 1.35 bits per heavy atom. The van der Waals surface area contributed by atoms with Crippen LogP contribution in [0.25, 0.3) is 16.9 Å². The minimum atomic E-state index is -0.0687. The van der Waals surface area contributed by atoms with Crippen LogP contribution in [0.3, 0.4) is 0 Å². The van der Waals surface area contributed by atoms with Gasteiger partial charge in [-0.25, -0.2) is 4.98 Å². The summed E-state index contributed by atoms with van der Waals surface area (Å²) in [7, 11) is 0. The molecule has 1 aromatic carbocycles. The maximum atomic E-state index is 11.3. The number of nitrogens with one attached hydrogen (secondary N) is 2. The van der Waals surface area contributed by atoms with Crippen LogP contribution in [0.1, 0.15) is 35.7 Å². The molecule has 1 aliphatic carbocycles. The van der Waals surface area contributed by atoms with E-state index in [0.29, 0.717) is 23.8 Å². The van der Waals surface area contributed by atoms with Crippen molar-refractivity contribution in [3.63, 3.8) is 0 Å². The van der Waals surface area contributed by atoms with Crippen LogP contribution in [0.2, 0.25) is 0 Å². The van der Waals surface area contributed by atoms with E-state index in [9.17, 15) is 9.59 Å². The van der Waals surface area contributed by atoms with Crippen molar-refractivity contribution in [2.45, 2.75) is 32.4 Å². The van der Waals surface area contributed by atoms with Gasteiger partial charge in [-0.15, -0.1) is 0 Å². The summed E-state index contributed by atoms with van der Waals surface area (Å²) in [6.07, 6.45) is 4.57. The highest BCUT2D eigenvalue weighted by atomic mass is 16.1. The minimum absolute atomic E-state index is 0.0687. The summed E-state index contributed by atoms with van der Waals surface area (Å²) in [6, 6.07) is 10.2. The van der Waals surface area contributed by atoms with Gasteiger partial charge in [-0.3, -0.25) is 9.59 Å². The topological polar surface area (TPSA) is 88.4 Å². The number of anilines is 1. The van der Waals surface area contributed by atoms with E-state index in [-0.39, 0.29) is 5.91 Å². The quantitative estimate of drug-likeness (QED) is 0.667. The lowest BCUT2D eigenvalue weighted by atomic mass is 10.1. The van der Waals surface area contributed by atoms with Crippen LogP contribution in [0.5, 0.6) is 0 Å². The lowest BCUT2D eigenvalue weighted by Crippen LogP contribution is -2.18. The minimum Gasteiger partial charge on any atom is -0.367 e. The van der Waals surface area contributed by atoms with E-state index in [0.717, 1.165) is 41.8 Å². The van der Waals surface area contributed by atoms with Crippen LogP contribution in [0.4, 0.5) is 5.82 Å². The van der Waals surface area contributed by atoms with Crippen LogP contribution in [-0.2, 0) is 11.3 Å². The second-order valence-electron chi connectivity index (χ2n) is 6.51. The van der Waals surface area contributed by atoms with Crippen LogP contribution in [0.15, 0.2) is 36.5 Å². The lowest BCUT2D eigenvalue weighted by Gasteiger charge is -2.11. The van der Waals surface area contributed by atoms with Crippen LogP contribution in [0, 0.1) is 0 Å². The zero-order valence-electron chi connectivity index (χ0n) is 14.4. The van der Waals surface area contributed by atoms with Crippen molar-refractivity contribution in [2.75, 3.05) is 5.32 Å². The number of carbonyl (C=O) groups is 2. The summed E-state index contributed by atoms with van der Waals surface area (Å²) < 4.78 is 1.67. The first-order valence-corrected chi connectivity index (χ1v) is 8.58. The number of fused-ring (bicyclic) bond motifs is 1. The molecule has 2 aromatic heterocycles. The number of benzene rings is 1. The number of rotatable bonds is 6. The molecule has 0 spiro atoms. The van der Waals surface area contributed by atoms with Gasteiger partial charge in [0.2, 0.25) is 5.91 Å². The zero-order chi connectivity index (χ0) is 18.1. The van der Waals surface area contributed by atoms with E-state index in [1.165, 1.54) is 13.1 Å². The molecule has 1 fully saturated rings. The maximum Gasteiger partial charge on any atom is 0.217 e. The number of hydrogen-bond donors (Lipinski definition) is 2. The fourth-order valence-electron chi connectivity index (χ4n) is 2.82. The number of aromatic nitrogens is 3. The first kappa shape index (κ1) is 16.3. The highest BCUT2D eigenvalue weighted by molar-refractivity contribution is 5.85. The van der Waals surface area contributed by atoms with E-state index in [1.807, 2.05) is 30.3 Å². The van der Waals surface area contributed by atoms with Crippen molar-refractivity contribution in [1.82, 2.24) is 19.9 Å². The largest absolute Gasteiger partial charge is 0.367 e. The van der Waals surface area contributed by atoms with Crippen molar-refractivity contribution in [3.05, 3.63) is 47.7 Å². The third kappa shape index (κ3) is 3.28. The SMILES string of the molecule is CC(=O)NCc1cccc(-c2cc(NC3CC3)n3ncc(C=O)c3n2)c1. The highest BCUT2D eigenvalue weighted by Crippen LogP contribution is 2.28. The molecule has 0 radical (unpaired) electrons. The Morgan fingerprint density at radius 2 is 2.19 bits per heavy atom. The van der Waals surface area contributed by atoms with Gasteiger partial charge in [0.05, 0.1) is 17.5 Å². The van der Waals surface area contributed by atoms with E-state index in [2.05, 4.69) is 20.7 Å². The average molecular weight is 349 g/mol. The predicted octanol–water partition coefficient (Wildman–Crippen LogP) is 2.42. The van der Waals surface area contributed by atoms with Crippen molar-refractivity contribution in [1.29, 1.82) is 0 Å². The van der Waals surface area contributed by atoms with Gasteiger partial charge in [0.15, 0.2) is 11.9 Å². The summed E-state index contributed by atoms with van der Waals surface area (Å²) in [5.41, 5.74) is 3.66. The van der Waals surface area contributed by atoms with Crippen molar-refractivity contribution in [2.24, 2.45) is 0 Å². The average Bonchev–Trinajstić information content (AvgIpc) is 3.36. The number of amides is 1. The molecule has 7 nitrogen and oxygen atoms in total. The molecule has 1 aliphatic rings. The molecule has 132 valence electrons. The molecule has 1 saturated carbocycles. The first-order chi connectivity index (χ1) is 12.6. The molecule has 1 amide bonds. The lowest BCUT2D eigenvalue weighted by molar-refractivity contribution is -0.119. The fourth-order valence-corrected chi connectivity index (χ4v) is 2.82. The summed E-state index contributed by atoms with van der Waals surface area (Å²) in [5.74, 6) is 0.758. The summed E-state index contributed by atoms with van der Waals surface area (Å²) >= 11 is 0. The molecule has 26 heavy (non-hydrogen) atoms. The van der Waals surface area contributed by atoms with Gasteiger partial charge >= 0.3 is 0 Å². The molecule has 7 heteroatoms. The number of nitrogens with zero attached hydrogens (tertiary/aromatic N) is 3. The smallest absolute Gasteiger partial charge is 0.217 e. The van der Waals surface area contributed by atoms with Crippen molar-refractivity contribution >= 4 is 23.7 Å². The molecular formula is C19H19N5O2.